The molecule has 1 heterocycles. The summed E-state index contributed by atoms with van der Waals surface area (Å²) < 4.78 is 9.78. The Balaban J connectivity index is 2.64. The van der Waals surface area contributed by atoms with Gasteiger partial charge in [0.15, 0.2) is 11.5 Å². The van der Waals surface area contributed by atoms with Crippen molar-refractivity contribution in [3.8, 4) is 17.0 Å². The predicted octanol–water partition coefficient (Wildman–Crippen LogP) is 3.49. The molecule has 0 saturated heterocycles. The summed E-state index contributed by atoms with van der Waals surface area (Å²) in [7, 11) is 0. The van der Waals surface area contributed by atoms with Crippen LogP contribution < -0.4 is 4.74 Å². The van der Waals surface area contributed by atoms with Gasteiger partial charge in [-0.1, -0.05) is 34.4 Å². The van der Waals surface area contributed by atoms with Crippen LogP contribution >= 0.6 is 23.2 Å². The van der Waals surface area contributed by atoms with Crippen molar-refractivity contribution >= 4 is 29.7 Å². The molecule has 0 saturated carbocycles. The van der Waals surface area contributed by atoms with Crippen molar-refractivity contribution in [2.45, 2.75) is 6.92 Å². The summed E-state index contributed by atoms with van der Waals surface area (Å²) in [6.07, 6.45) is 0. The van der Waals surface area contributed by atoms with Crippen LogP contribution in [0.5, 0.6) is 5.75 Å². The molecular weight excluding hydrogens is 265 g/mol. The Bertz CT molecular complexity index is 546. The molecular formula is C11H7Cl2NO3. The zero-order chi connectivity index (χ0) is 12.4. The molecule has 0 aliphatic rings. The summed E-state index contributed by atoms with van der Waals surface area (Å²) in [4.78, 5) is 10.4. The minimum absolute atomic E-state index is 0.218. The van der Waals surface area contributed by atoms with Gasteiger partial charge in [0.25, 0.3) is 6.47 Å². The maximum atomic E-state index is 10.4. The van der Waals surface area contributed by atoms with Gasteiger partial charge in [-0.05, 0) is 12.1 Å². The SMILES string of the molecule is Cc1onc(-c2c(Cl)cccc2Cl)c1OC=O. The number of benzene rings is 1. The third-order valence-corrected chi connectivity index (χ3v) is 2.80. The Morgan fingerprint density at radius 1 is 1.35 bits per heavy atom. The van der Waals surface area contributed by atoms with Crippen molar-refractivity contribution in [1.82, 2.24) is 5.16 Å². The van der Waals surface area contributed by atoms with E-state index >= 15 is 0 Å². The molecule has 0 aliphatic carbocycles. The number of hydrogen-bond donors (Lipinski definition) is 0. The van der Waals surface area contributed by atoms with Crippen LogP contribution in [0.3, 0.4) is 0 Å². The molecule has 0 unspecified atom stereocenters. The first-order valence-electron chi connectivity index (χ1n) is 4.66. The highest BCUT2D eigenvalue weighted by molar-refractivity contribution is 6.39. The fourth-order valence-corrected chi connectivity index (χ4v) is 2.01. The van der Waals surface area contributed by atoms with Crippen molar-refractivity contribution in [2.75, 3.05) is 0 Å². The average Bonchev–Trinajstić information content (AvgIpc) is 2.62. The summed E-state index contributed by atoms with van der Waals surface area (Å²) in [5.74, 6) is 0.595. The van der Waals surface area contributed by atoms with Crippen molar-refractivity contribution in [1.29, 1.82) is 0 Å². The molecule has 4 nitrogen and oxygen atoms in total. The lowest BCUT2D eigenvalue weighted by Gasteiger charge is -2.04. The molecule has 0 spiro atoms. The molecule has 0 bridgehead atoms. The monoisotopic (exact) mass is 271 g/mol. The van der Waals surface area contributed by atoms with Crippen LogP contribution in [0.1, 0.15) is 5.76 Å². The number of aromatic nitrogens is 1. The highest BCUT2D eigenvalue weighted by atomic mass is 35.5. The Labute approximate surface area is 107 Å². The Morgan fingerprint density at radius 2 is 2.00 bits per heavy atom. The van der Waals surface area contributed by atoms with E-state index in [-0.39, 0.29) is 5.75 Å². The van der Waals surface area contributed by atoms with Gasteiger partial charge >= 0.3 is 0 Å². The second kappa shape index (κ2) is 4.77. The third kappa shape index (κ3) is 2.14. The van der Waals surface area contributed by atoms with Gasteiger partial charge in [0.1, 0.15) is 0 Å². The fourth-order valence-electron chi connectivity index (χ4n) is 1.43. The molecule has 0 atom stereocenters. The molecule has 2 rings (SSSR count). The van der Waals surface area contributed by atoms with E-state index in [1.807, 2.05) is 0 Å². The molecule has 0 amide bonds. The van der Waals surface area contributed by atoms with Crippen LogP contribution in [-0.4, -0.2) is 11.6 Å². The van der Waals surface area contributed by atoms with E-state index in [0.717, 1.165) is 0 Å². The summed E-state index contributed by atoms with van der Waals surface area (Å²) in [5, 5.41) is 4.61. The van der Waals surface area contributed by atoms with Gasteiger partial charge in [0.2, 0.25) is 5.75 Å². The van der Waals surface area contributed by atoms with Crippen LogP contribution in [-0.2, 0) is 4.79 Å². The minimum Gasteiger partial charge on any atom is -0.423 e. The first-order valence-corrected chi connectivity index (χ1v) is 5.41. The van der Waals surface area contributed by atoms with Gasteiger partial charge in [0.05, 0.1) is 10.0 Å². The van der Waals surface area contributed by atoms with E-state index in [2.05, 4.69) is 5.16 Å². The highest BCUT2D eigenvalue weighted by Gasteiger charge is 2.20. The number of rotatable bonds is 3. The number of nitrogens with zero attached hydrogens (tertiary/aromatic N) is 1. The molecule has 1 aromatic heterocycles. The van der Waals surface area contributed by atoms with Gasteiger partial charge in [0, 0.05) is 12.5 Å². The van der Waals surface area contributed by atoms with E-state index in [4.69, 9.17) is 32.5 Å². The largest absolute Gasteiger partial charge is 0.423 e. The Hall–Kier alpha value is -1.52. The van der Waals surface area contributed by atoms with Crippen LogP contribution in [0, 0.1) is 6.92 Å². The lowest BCUT2D eigenvalue weighted by molar-refractivity contribution is -0.120. The van der Waals surface area contributed by atoms with Crippen molar-refractivity contribution in [3.05, 3.63) is 34.0 Å². The lowest BCUT2D eigenvalue weighted by Crippen LogP contribution is -1.92. The molecule has 17 heavy (non-hydrogen) atoms. The van der Waals surface area contributed by atoms with Crippen LogP contribution in [0.2, 0.25) is 10.0 Å². The smallest absolute Gasteiger partial charge is 0.298 e. The number of carbonyl (C=O) groups is 1. The standard InChI is InChI=1S/C11H7Cl2NO3/c1-6-11(16-5-15)10(14-17-6)9-7(12)3-2-4-8(9)13/h2-5H,1H3. The number of carbonyl (C=O) groups excluding carboxylic acids is 1. The number of hydrogen-bond acceptors (Lipinski definition) is 4. The van der Waals surface area contributed by atoms with Crippen LogP contribution in [0.15, 0.2) is 22.7 Å². The zero-order valence-electron chi connectivity index (χ0n) is 8.74. The third-order valence-electron chi connectivity index (χ3n) is 2.17. The quantitative estimate of drug-likeness (QED) is 0.802. The average molecular weight is 272 g/mol. The summed E-state index contributed by atoms with van der Waals surface area (Å²) in [6.45, 7) is 1.92. The van der Waals surface area contributed by atoms with Gasteiger partial charge < -0.3 is 9.26 Å². The van der Waals surface area contributed by atoms with Gasteiger partial charge in [-0.2, -0.15) is 0 Å². The Kier molecular flexibility index (Phi) is 3.36. The summed E-state index contributed by atoms with van der Waals surface area (Å²) in [6, 6.07) is 5.04. The fraction of sp³-hybridized carbons (Fsp3) is 0.0909. The number of aryl methyl sites for hydroxylation is 1. The highest BCUT2D eigenvalue weighted by Crippen LogP contribution is 2.40. The van der Waals surface area contributed by atoms with Crippen molar-refractivity contribution < 1.29 is 14.1 Å². The van der Waals surface area contributed by atoms with Gasteiger partial charge in [-0.3, -0.25) is 4.79 Å². The topological polar surface area (TPSA) is 52.3 Å². The molecule has 88 valence electrons. The molecule has 0 fully saturated rings. The Morgan fingerprint density at radius 3 is 2.59 bits per heavy atom. The second-order valence-corrected chi connectivity index (χ2v) is 4.04. The van der Waals surface area contributed by atoms with Gasteiger partial charge in [-0.25, -0.2) is 0 Å². The first kappa shape index (κ1) is 12.0. The van der Waals surface area contributed by atoms with E-state index in [1.54, 1.807) is 25.1 Å². The van der Waals surface area contributed by atoms with Crippen LogP contribution in [0.25, 0.3) is 11.3 Å². The summed E-state index contributed by atoms with van der Waals surface area (Å²) in [5.41, 5.74) is 0.787. The van der Waals surface area contributed by atoms with E-state index < -0.39 is 0 Å². The molecule has 0 N–H and O–H groups in total. The van der Waals surface area contributed by atoms with Gasteiger partial charge in [-0.15, -0.1) is 0 Å². The summed E-state index contributed by atoms with van der Waals surface area (Å²) >= 11 is 12.1. The lowest BCUT2D eigenvalue weighted by atomic mass is 10.1. The molecule has 0 radical (unpaired) electrons. The molecule has 0 aliphatic heterocycles. The maximum Gasteiger partial charge on any atom is 0.298 e. The second-order valence-electron chi connectivity index (χ2n) is 3.23. The van der Waals surface area contributed by atoms with E-state index in [9.17, 15) is 4.79 Å². The molecule has 6 heteroatoms. The molecule has 1 aromatic carbocycles. The first-order chi connectivity index (χ1) is 8.15. The normalized spacial score (nSPS) is 10.3. The predicted molar refractivity (Wildman–Crippen MR) is 63.4 cm³/mol. The zero-order valence-corrected chi connectivity index (χ0v) is 10.2. The van der Waals surface area contributed by atoms with Crippen molar-refractivity contribution in [3.63, 3.8) is 0 Å². The van der Waals surface area contributed by atoms with Crippen molar-refractivity contribution in [2.24, 2.45) is 0 Å². The molecule has 2 aromatic rings. The van der Waals surface area contributed by atoms with E-state index in [0.29, 0.717) is 33.5 Å². The van der Waals surface area contributed by atoms with E-state index in [1.165, 1.54) is 0 Å². The number of ether oxygens (including phenoxy) is 1. The van der Waals surface area contributed by atoms with Crippen LogP contribution in [0.4, 0.5) is 0 Å². The maximum absolute atomic E-state index is 10.4. The number of halogens is 2. The minimum atomic E-state index is 0.218.